The Morgan fingerprint density at radius 3 is 2.78 bits per heavy atom. The average Bonchev–Trinajstić information content (AvgIpc) is 2.98. The summed E-state index contributed by atoms with van der Waals surface area (Å²) in [5, 5.41) is 25.7. The first-order valence-electron chi connectivity index (χ1n) is 8.23. The van der Waals surface area contributed by atoms with E-state index in [4.69, 9.17) is 16.3 Å². The molecule has 0 saturated heterocycles. The number of fused-ring (bicyclic) bond motifs is 1. The largest absolute Gasteiger partial charge is 0.504 e. The van der Waals surface area contributed by atoms with E-state index in [1.54, 1.807) is 28.9 Å². The molecule has 138 valence electrons. The number of hydrogen-bond acceptors (Lipinski definition) is 6. The van der Waals surface area contributed by atoms with Gasteiger partial charge in [0.2, 0.25) is 5.91 Å². The fraction of sp³-hybridized carbons (Fsp3) is 0.222. The van der Waals surface area contributed by atoms with Gasteiger partial charge in [-0.2, -0.15) is 9.78 Å². The van der Waals surface area contributed by atoms with Crippen LogP contribution < -0.4 is 10.1 Å². The number of nitrogens with one attached hydrogen (secondary N) is 1. The van der Waals surface area contributed by atoms with Crippen molar-refractivity contribution >= 4 is 23.3 Å². The number of carbonyl (C=O) groups is 1. The van der Waals surface area contributed by atoms with Crippen LogP contribution in [0.4, 0.5) is 5.82 Å². The van der Waals surface area contributed by atoms with Gasteiger partial charge < -0.3 is 15.2 Å². The lowest BCUT2D eigenvalue weighted by Crippen LogP contribution is -2.25. The second-order valence-corrected chi connectivity index (χ2v) is 6.60. The molecule has 1 unspecified atom stereocenters. The molecule has 1 atom stereocenters. The van der Waals surface area contributed by atoms with Crippen LogP contribution in [0, 0.1) is 6.92 Å². The molecule has 0 bridgehead atoms. The molecule has 1 aliphatic heterocycles. The molecule has 1 aromatic carbocycles. The monoisotopic (exact) mass is 385 g/mol. The smallest absolute Gasteiger partial charge is 0.226 e. The van der Waals surface area contributed by atoms with E-state index in [1.807, 2.05) is 13.0 Å². The zero-order chi connectivity index (χ0) is 19.1. The maximum Gasteiger partial charge on any atom is 0.226 e. The summed E-state index contributed by atoms with van der Waals surface area (Å²) in [6.45, 7) is 1.87. The van der Waals surface area contributed by atoms with Crippen LogP contribution in [0.3, 0.4) is 0 Å². The van der Waals surface area contributed by atoms with Gasteiger partial charge in [0.05, 0.1) is 12.8 Å². The van der Waals surface area contributed by atoms with E-state index in [2.05, 4.69) is 20.6 Å². The number of amides is 1. The molecule has 3 heterocycles. The first-order chi connectivity index (χ1) is 13.0. The van der Waals surface area contributed by atoms with Gasteiger partial charge in [0.1, 0.15) is 5.82 Å². The lowest BCUT2D eigenvalue weighted by Gasteiger charge is -2.24. The van der Waals surface area contributed by atoms with Gasteiger partial charge in [0.15, 0.2) is 22.5 Å². The molecular weight excluding hydrogens is 370 g/mol. The van der Waals surface area contributed by atoms with Crippen molar-refractivity contribution in [2.75, 3.05) is 12.4 Å². The number of aromatic nitrogens is 4. The molecule has 3 aromatic rings. The number of anilines is 1. The average molecular weight is 386 g/mol. The number of halogens is 1. The van der Waals surface area contributed by atoms with Crippen molar-refractivity contribution in [1.82, 2.24) is 20.0 Å². The molecular formula is C18H16ClN5O3. The van der Waals surface area contributed by atoms with Crippen LogP contribution in [0.1, 0.15) is 29.2 Å². The predicted molar refractivity (Wildman–Crippen MR) is 98.6 cm³/mol. The number of aromatic hydroxyl groups is 1. The number of aryl methyl sites for hydroxylation is 1. The molecule has 0 spiro atoms. The van der Waals surface area contributed by atoms with Crippen molar-refractivity contribution in [1.29, 1.82) is 0 Å². The molecule has 8 nitrogen and oxygen atoms in total. The fourth-order valence-corrected chi connectivity index (χ4v) is 3.44. The number of rotatable bonds is 3. The first kappa shape index (κ1) is 17.3. The summed E-state index contributed by atoms with van der Waals surface area (Å²) in [7, 11) is 1.49. The summed E-state index contributed by atoms with van der Waals surface area (Å²) in [4.78, 5) is 12.4. The minimum atomic E-state index is -0.250. The van der Waals surface area contributed by atoms with Crippen molar-refractivity contribution in [2.45, 2.75) is 19.3 Å². The minimum Gasteiger partial charge on any atom is -0.504 e. The number of nitrogens with zero attached hydrogens (tertiary/aromatic N) is 4. The van der Waals surface area contributed by atoms with Crippen LogP contribution >= 0.6 is 11.6 Å². The van der Waals surface area contributed by atoms with Crippen LogP contribution in [0.2, 0.25) is 5.15 Å². The molecule has 4 rings (SSSR count). The predicted octanol–water partition coefficient (Wildman–Crippen LogP) is 2.81. The van der Waals surface area contributed by atoms with Crippen LogP contribution in [0.5, 0.6) is 11.5 Å². The van der Waals surface area contributed by atoms with Gasteiger partial charge in [-0.15, -0.1) is 10.2 Å². The Labute approximate surface area is 159 Å². The zero-order valence-electron chi connectivity index (χ0n) is 14.6. The quantitative estimate of drug-likeness (QED) is 0.718. The third kappa shape index (κ3) is 2.97. The van der Waals surface area contributed by atoms with Gasteiger partial charge in [-0.05, 0) is 36.8 Å². The highest BCUT2D eigenvalue weighted by Gasteiger charge is 2.33. The van der Waals surface area contributed by atoms with Crippen molar-refractivity contribution in [3.05, 3.63) is 52.3 Å². The third-order valence-electron chi connectivity index (χ3n) is 4.54. The molecule has 0 fully saturated rings. The Morgan fingerprint density at radius 2 is 2.11 bits per heavy atom. The molecule has 9 heteroatoms. The summed E-state index contributed by atoms with van der Waals surface area (Å²) in [6, 6.07) is 8.42. The van der Waals surface area contributed by atoms with E-state index < -0.39 is 0 Å². The van der Waals surface area contributed by atoms with Crippen molar-refractivity contribution in [3.63, 3.8) is 0 Å². The number of ether oxygens (including phenoxy) is 1. The summed E-state index contributed by atoms with van der Waals surface area (Å²) in [5.41, 5.74) is 2.42. The molecule has 0 saturated carbocycles. The highest BCUT2D eigenvalue weighted by molar-refractivity contribution is 6.29. The molecule has 1 aliphatic rings. The fourth-order valence-electron chi connectivity index (χ4n) is 3.34. The van der Waals surface area contributed by atoms with Gasteiger partial charge in [-0.25, -0.2) is 0 Å². The Bertz CT molecular complexity index is 1030. The number of phenolic OH excluding ortho intramolecular Hbond substituents is 1. The third-order valence-corrected chi connectivity index (χ3v) is 4.74. The SMILES string of the molecule is COc1ccc(C2CC(=O)Nc3c2c(C)nn3-c2ccc(Cl)nn2)cc1O. The van der Waals surface area contributed by atoms with Crippen LogP contribution in [-0.2, 0) is 4.79 Å². The second kappa shape index (κ2) is 6.55. The van der Waals surface area contributed by atoms with Crippen LogP contribution in [0.15, 0.2) is 30.3 Å². The van der Waals surface area contributed by atoms with E-state index in [9.17, 15) is 9.90 Å². The van der Waals surface area contributed by atoms with Gasteiger partial charge >= 0.3 is 0 Å². The van der Waals surface area contributed by atoms with E-state index >= 15 is 0 Å². The summed E-state index contributed by atoms with van der Waals surface area (Å²) in [6.07, 6.45) is 0.248. The van der Waals surface area contributed by atoms with Gasteiger partial charge in [-0.3, -0.25) is 4.79 Å². The van der Waals surface area contributed by atoms with Crippen molar-refractivity contribution in [3.8, 4) is 17.3 Å². The van der Waals surface area contributed by atoms with Crippen LogP contribution in [0.25, 0.3) is 5.82 Å². The van der Waals surface area contributed by atoms with Crippen LogP contribution in [-0.4, -0.2) is 38.1 Å². The molecule has 1 amide bonds. The van der Waals surface area contributed by atoms with Crippen molar-refractivity contribution < 1.29 is 14.6 Å². The lowest BCUT2D eigenvalue weighted by atomic mass is 9.85. The summed E-state index contributed by atoms with van der Waals surface area (Å²) < 4.78 is 6.64. The number of benzene rings is 1. The molecule has 2 N–H and O–H groups in total. The van der Waals surface area contributed by atoms with E-state index in [1.165, 1.54) is 7.11 Å². The summed E-state index contributed by atoms with van der Waals surface area (Å²) >= 11 is 5.81. The molecule has 0 radical (unpaired) electrons. The van der Waals surface area contributed by atoms with Crippen molar-refractivity contribution in [2.24, 2.45) is 0 Å². The van der Waals surface area contributed by atoms with E-state index in [-0.39, 0.29) is 29.1 Å². The normalized spacial score (nSPS) is 16.0. The number of methoxy groups -OCH3 is 1. The Hall–Kier alpha value is -3.13. The van der Waals surface area contributed by atoms with E-state index in [0.29, 0.717) is 17.4 Å². The Morgan fingerprint density at radius 1 is 1.30 bits per heavy atom. The molecule has 2 aromatic heterocycles. The van der Waals surface area contributed by atoms with Gasteiger partial charge in [-0.1, -0.05) is 17.7 Å². The highest BCUT2D eigenvalue weighted by atomic mass is 35.5. The molecule has 0 aliphatic carbocycles. The number of hydrogen-bond donors (Lipinski definition) is 2. The van der Waals surface area contributed by atoms with Gasteiger partial charge in [0, 0.05) is 17.9 Å². The Balaban J connectivity index is 1.84. The standard InChI is InChI=1S/C18H16ClN5O3/c1-9-17-11(10-3-4-13(27-2)12(25)7-10)8-16(26)20-18(17)24(23-9)15-6-5-14(19)21-22-15/h3-7,11,25H,8H2,1-2H3,(H,20,26). The number of phenols is 1. The van der Waals surface area contributed by atoms with E-state index in [0.717, 1.165) is 16.8 Å². The molecule has 27 heavy (non-hydrogen) atoms. The first-order valence-corrected chi connectivity index (χ1v) is 8.61. The second-order valence-electron chi connectivity index (χ2n) is 6.21. The van der Waals surface area contributed by atoms with Gasteiger partial charge in [0.25, 0.3) is 0 Å². The number of carbonyl (C=O) groups excluding carboxylic acids is 1. The Kier molecular flexibility index (Phi) is 4.19. The maximum atomic E-state index is 12.4. The lowest BCUT2D eigenvalue weighted by molar-refractivity contribution is -0.116. The topological polar surface area (TPSA) is 102 Å². The zero-order valence-corrected chi connectivity index (χ0v) is 15.4. The minimum absolute atomic E-state index is 0.0242. The highest BCUT2D eigenvalue weighted by Crippen LogP contribution is 2.41. The maximum absolute atomic E-state index is 12.4. The summed E-state index contributed by atoms with van der Waals surface area (Å²) in [5.74, 6) is 0.993.